The van der Waals surface area contributed by atoms with Gasteiger partial charge in [-0.2, -0.15) is 0 Å². The van der Waals surface area contributed by atoms with E-state index in [1.807, 2.05) is 0 Å². The summed E-state index contributed by atoms with van der Waals surface area (Å²) in [4.78, 5) is 3.70. The van der Waals surface area contributed by atoms with Crippen LogP contribution >= 0.6 is 0 Å². The molecule has 0 atom stereocenters. The van der Waals surface area contributed by atoms with Crippen molar-refractivity contribution in [2.75, 3.05) is 6.26 Å². The van der Waals surface area contributed by atoms with Gasteiger partial charge in [0.15, 0.2) is 14.7 Å². The molecule has 0 aliphatic carbocycles. The minimum atomic E-state index is -3.92. The maximum Gasteiger partial charge on any atom is 0.166 e. The Balaban J connectivity index is 0.000000976. The second kappa shape index (κ2) is 12.7. The van der Waals surface area contributed by atoms with Gasteiger partial charge in [0.25, 0.3) is 0 Å². The normalized spacial score (nSPS) is 12.4. The van der Waals surface area contributed by atoms with Gasteiger partial charge in [0.2, 0.25) is 0 Å². The third kappa shape index (κ3) is 13.3. The zero-order chi connectivity index (χ0) is 29.6. The van der Waals surface area contributed by atoms with Crippen LogP contribution in [0.4, 0.5) is 0 Å². The molecule has 3 aromatic rings. The SMILES string of the molecule is CC(C)(C)Oc1ccc([S+](c2ccc(OC(C)(C)C)cc2)c2ccc(OC(C)(C)C)cc2)cc1.CS(=O)(=O)[O-]. The first-order valence-corrected chi connectivity index (χ1v) is 15.8. The number of benzene rings is 3. The number of hydrogen-bond donors (Lipinski definition) is 0. The van der Waals surface area contributed by atoms with Gasteiger partial charge >= 0.3 is 0 Å². The maximum atomic E-state index is 9.08. The van der Waals surface area contributed by atoms with Gasteiger partial charge in [0, 0.05) is 6.26 Å². The van der Waals surface area contributed by atoms with E-state index < -0.39 is 10.1 Å². The van der Waals surface area contributed by atoms with Gasteiger partial charge in [0.05, 0.1) is 21.0 Å². The van der Waals surface area contributed by atoms with Crippen LogP contribution in [0.25, 0.3) is 0 Å². The Morgan fingerprint density at radius 2 is 0.692 bits per heavy atom. The molecule has 0 fully saturated rings. The highest BCUT2D eigenvalue weighted by Crippen LogP contribution is 2.35. The Kier molecular flexibility index (Phi) is 10.6. The maximum absolute atomic E-state index is 9.08. The average molecular weight is 575 g/mol. The van der Waals surface area contributed by atoms with Crippen molar-refractivity contribution >= 4 is 21.0 Å². The summed E-state index contributed by atoms with van der Waals surface area (Å²) >= 11 is 0. The van der Waals surface area contributed by atoms with Gasteiger partial charge in [-0.3, -0.25) is 0 Å². The van der Waals surface area contributed by atoms with Crippen LogP contribution in [0.3, 0.4) is 0 Å². The molecule has 214 valence electrons. The summed E-state index contributed by atoms with van der Waals surface area (Å²) in [5.41, 5.74) is -0.682. The molecular weight excluding hydrogens is 532 g/mol. The molecule has 8 heteroatoms. The van der Waals surface area contributed by atoms with E-state index in [0.717, 1.165) is 17.2 Å². The first-order valence-electron chi connectivity index (χ1n) is 12.7. The van der Waals surface area contributed by atoms with E-state index >= 15 is 0 Å². The van der Waals surface area contributed by atoms with E-state index in [1.165, 1.54) is 14.7 Å². The summed E-state index contributed by atoms with van der Waals surface area (Å²) in [6.45, 7) is 18.6. The Morgan fingerprint density at radius 1 is 0.513 bits per heavy atom. The molecule has 0 heterocycles. The van der Waals surface area contributed by atoms with E-state index in [2.05, 4.69) is 135 Å². The van der Waals surface area contributed by atoms with Crippen molar-refractivity contribution in [1.29, 1.82) is 0 Å². The summed E-state index contributed by atoms with van der Waals surface area (Å²) in [5.74, 6) is 2.63. The molecule has 39 heavy (non-hydrogen) atoms. The molecule has 0 saturated carbocycles. The second-order valence-corrected chi connectivity index (χ2v) is 15.5. The van der Waals surface area contributed by atoms with Crippen LogP contribution in [0.1, 0.15) is 62.3 Å². The van der Waals surface area contributed by atoms with Gasteiger partial charge in [0.1, 0.15) is 34.1 Å². The highest BCUT2D eigenvalue weighted by Gasteiger charge is 2.29. The third-order valence-corrected chi connectivity index (χ3v) is 6.68. The van der Waals surface area contributed by atoms with E-state index in [9.17, 15) is 0 Å². The highest BCUT2D eigenvalue weighted by atomic mass is 32.2. The van der Waals surface area contributed by atoms with E-state index in [1.54, 1.807) is 0 Å². The molecule has 0 unspecified atom stereocenters. The first kappa shape index (κ1) is 32.5. The Hall–Kier alpha value is -2.68. The number of hydrogen-bond acceptors (Lipinski definition) is 6. The topological polar surface area (TPSA) is 84.9 Å². The molecule has 0 N–H and O–H groups in total. The Morgan fingerprint density at radius 3 is 0.846 bits per heavy atom. The first-order chi connectivity index (χ1) is 17.7. The van der Waals surface area contributed by atoms with Crippen molar-refractivity contribution in [3.8, 4) is 17.2 Å². The van der Waals surface area contributed by atoms with Crippen molar-refractivity contribution in [2.45, 2.75) is 93.8 Å². The van der Waals surface area contributed by atoms with Crippen molar-refractivity contribution in [2.24, 2.45) is 0 Å². The molecular formula is C31H42O6S2. The predicted octanol–water partition coefficient (Wildman–Crippen LogP) is 7.48. The molecule has 0 amide bonds. The predicted molar refractivity (Wildman–Crippen MR) is 158 cm³/mol. The summed E-state index contributed by atoms with van der Waals surface area (Å²) in [7, 11) is -4.19. The molecule has 0 saturated heterocycles. The minimum absolute atomic E-state index is 0.227. The summed E-state index contributed by atoms with van der Waals surface area (Å²) in [5, 5.41) is 0. The number of rotatable bonds is 6. The molecule has 0 aliphatic heterocycles. The van der Waals surface area contributed by atoms with E-state index in [4.69, 9.17) is 27.2 Å². The summed E-state index contributed by atoms with van der Waals surface area (Å²) < 4.78 is 45.4. The van der Waals surface area contributed by atoms with Crippen molar-refractivity contribution in [3.05, 3.63) is 72.8 Å². The van der Waals surface area contributed by atoms with Crippen molar-refractivity contribution in [1.82, 2.24) is 0 Å². The van der Waals surface area contributed by atoms with Gasteiger partial charge in [-0.05, 0) is 135 Å². The van der Waals surface area contributed by atoms with E-state index in [-0.39, 0.29) is 27.7 Å². The largest absolute Gasteiger partial charge is 0.748 e. The lowest BCUT2D eigenvalue weighted by molar-refractivity contribution is 0.130. The lowest BCUT2D eigenvalue weighted by atomic mass is 10.2. The summed E-state index contributed by atoms with van der Waals surface area (Å²) in [6, 6.07) is 25.4. The van der Waals surface area contributed by atoms with Gasteiger partial charge in [-0.15, -0.1) is 0 Å². The van der Waals surface area contributed by atoms with Crippen LogP contribution in [0.15, 0.2) is 87.5 Å². The zero-order valence-electron chi connectivity index (χ0n) is 24.7. The fourth-order valence-electron chi connectivity index (χ4n) is 3.40. The zero-order valence-corrected chi connectivity index (χ0v) is 26.3. The molecule has 6 nitrogen and oxygen atoms in total. The van der Waals surface area contributed by atoms with Crippen molar-refractivity contribution in [3.63, 3.8) is 0 Å². The van der Waals surface area contributed by atoms with E-state index in [0.29, 0.717) is 6.26 Å². The fraction of sp³-hybridized carbons (Fsp3) is 0.419. The third-order valence-electron chi connectivity index (χ3n) is 4.45. The smallest absolute Gasteiger partial charge is 0.166 e. The lowest BCUT2D eigenvalue weighted by Gasteiger charge is -2.22. The average Bonchev–Trinajstić information content (AvgIpc) is 2.73. The van der Waals surface area contributed by atoms with Crippen LogP contribution in [-0.2, 0) is 21.0 Å². The van der Waals surface area contributed by atoms with Crippen LogP contribution in [0.2, 0.25) is 0 Å². The van der Waals surface area contributed by atoms with Gasteiger partial charge in [-0.25, -0.2) is 8.42 Å². The standard InChI is InChI=1S/C30H39O3S.CH4O3S/c1-28(2,3)31-22-10-16-25(17-11-22)34(26-18-12-23(13-19-26)32-29(4,5)6)27-20-14-24(15-21-27)33-30(7,8)9;1-5(2,3)4/h10-21H,1-9H3;1H3,(H,2,3,4)/q+1;/p-1. The molecule has 0 bridgehead atoms. The Labute approximate surface area is 237 Å². The second-order valence-electron chi connectivity index (χ2n) is 12.1. The van der Waals surface area contributed by atoms with Crippen LogP contribution < -0.4 is 14.2 Å². The molecule has 3 aromatic carbocycles. The molecule has 0 aromatic heterocycles. The molecule has 3 rings (SSSR count). The van der Waals surface area contributed by atoms with Crippen LogP contribution in [0.5, 0.6) is 17.2 Å². The monoisotopic (exact) mass is 574 g/mol. The molecule has 0 aliphatic rings. The Bertz CT molecular complexity index is 1130. The van der Waals surface area contributed by atoms with Crippen LogP contribution in [0, 0.1) is 0 Å². The quantitative estimate of drug-likeness (QED) is 0.224. The molecule has 0 spiro atoms. The van der Waals surface area contributed by atoms with Gasteiger partial charge < -0.3 is 18.8 Å². The minimum Gasteiger partial charge on any atom is -0.748 e. The lowest BCUT2D eigenvalue weighted by Crippen LogP contribution is -2.23. The highest BCUT2D eigenvalue weighted by molar-refractivity contribution is 7.97. The van der Waals surface area contributed by atoms with Gasteiger partial charge in [-0.1, -0.05) is 0 Å². The number of ether oxygens (including phenoxy) is 3. The van der Waals surface area contributed by atoms with Crippen molar-refractivity contribution < 1.29 is 27.2 Å². The van der Waals surface area contributed by atoms with Crippen LogP contribution in [-0.4, -0.2) is 36.0 Å². The fourth-order valence-corrected chi connectivity index (χ4v) is 5.44. The summed E-state index contributed by atoms with van der Waals surface area (Å²) in [6.07, 6.45) is 0.604. The molecule has 0 radical (unpaired) electrons.